The summed E-state index contributed by atoms with van der Waals surface area (Å²) >= 11 is 0. The van der Waals surface area contributed by atoms with Gasteiger partial charge in [-0.15, -0.1) is 12.4 Å². The zero-order chi connectivity index (χ0) is 10.8. The fourth-order valence-electron chi connectivity index (χ4n) is 1.54. The Balaban J connectivity index is 0.00000128. The van der Waals surface area contributed by atoms with Crippen LogP contribution < -0.4 is 5.73 Å². The van der Waals surface area contributed by atoms with Gasteiger partial charge < -0.3 is 5.73 Å². The number of fused-ring (bicyclic) bond motifs is 1. The Morgan fingerprint density at radius 2 is 2.12 bits per heavy atom. The molecule has 0 saturated heterocycles. The van der Waals surface area contributed by atoms with Crippen molar-refractivity contribution in [1.82, 2.24) is 4.98 Å². The molecule has 1 heterocycles. The number of aromatic nitrogens is 1. The Morgan fingerprint density at radius 3 is 2.75 bits per heavy atom. The van der Waals surface area contributed by atoms with E-state index in [2.05, 4.69) is 4.98 Å². The highest BCUT2D eigenvalue weighted by atomic mass is 35.5. The van der Waals surface area contributed by atoms with Gasteiger partial charge >= 0.3 is 0 Å². The van der Waals surface area contributed by atoms with Crippen molar-refractivity contribution in [1.29, 1.82) is 0 Å². The first-order valence-electron chi connectivity index (χ1n) is 4.45. The van der Waals surface area contributed by atoms with Gasteiger partial charge in [0.15, 0.2) is 0 Å². The van der Waals surface area contributed by atoms with Gasteiger partial charge in [-0.2, -0.15) is 0 Å². The summed E-state index contributed by atoms with van der Waals surface area (Å²) in [6.07, 6.45) is 1.54. The highest BCUT2D eigenvalue weighted by Gasteiger charge is 2.17. The van der Waals surface area contributed by atoms with E-state index in [4.69, 9.17) is 5.73 Å². The molecule has 16 heavy (non-hydrogen) atoms. The van der Waals surface area contributed by atoms with Gasteiger partial charge in [0.05, 0.1) is 4.92 Å². The van der Waals surface area contributed by atoms with Crippen molar-refractivity contribution in [2.24, 2.45) is 5.73 Å². The quantitative estimate of drug-likeness (QED) is 0.642. The molecule has 0 unspecified atom stereocenters. The molecule has 0 aliphatic carbocycles. The average Bonchev–Trinajstić information content (AvgIpc) is 2.27. The molecule has 2 rings (SSSR count). The highest BCUT2D eigenvalue weighted by Crippen LogP contribution is 2.27. The monoisotopic (exact) mass is 239 g/mol. The van der Waals surface area contributed by atoms with Crippen LogP contribution in [0.3, 0.4) is 0 Å². The summed E-state index contributed by atoms with van der Waals surface area (Å²) in [5.74, 6) is 0. The SMILES string of the molecule is Cl.NCc1ccc2cccnc2c1[N+](=O)[O-]. The van der Waals surface area contributed by atoms with Crippen LogP contribution in [0, 0.1) is 10.1 Å². The Kier molecular flexibility index (Phi) is 3.76. The first-order valence-corrected chi connectivity index (χ1v) is 4.45. The fourth-order valence-corrected chi connectivity index (χ4v) is 1.54. The molecule has 0 amide bonds. The van der Waals surface area contributed by atoms with Crippen LogP contribution in [0.5, 0.6) is 0 Å². The lowest BCUT2D eigenvalue weighted by Crippen LogP contribution is -2.02. The van der Waals surface area contributed by atoms with Crippen LogP contribution in [-0.2, 0) is 6.54 Å². The van der Waals surface area contributed by atoms with Crippen molar-refractivity contribution < 1.29 is 4.92 Å². The number of rotatable bonds is 2. The summed E-state index contributed by atoms with van der Waals surface area (Å²) in [5, 5.41) is 11.7. The van der Waals surface area contributed by atoms with Crippen LogP contribution in [0.25, 0.3) is 10.9 Å². The van der Waals surface area contributed by atoms with Crippen LogP contribution in [0.1, 0.15) is 5.56 Å². The number of nitrogens with zero attached hydrogens (tertiary/aromatic N) is 2. The van der Waals surface area contributed by atoms with E-state index in [1.165, 1.54) is 6.20 Å². The van der Waals surface area contributed by atoms with Crippen LogP contribution in [0.2, 0.25) is 0 Å². The Morgan fingerprint density at radius 1 is 1.38 bits per heavy atom. The molecule has 0 aliphatic rings. The smallest absolute Gasteiger partial charge is 0.299 e. The molecule has 84 valence electrons. The molecule has 0 saturated carbocycles. The summed E-state index contributed by atoms with van der Waals surface area (Å²) in [7, 11) is 0. The molecular formula is C10H10ClN3O2. The predicted octanol–water partition coefficient (Wildman–Crippen LogP) is 2.02. The lowest BCUT2D eigenvalue weighted by atomic mass is 10.1. The normalized spacial score (nSPS) is 9.81. The molecule has 5 nitrogen and oxygen atoms in total. The first-order chi connectivity index (χ1) is 7.24. The molecule has 1 aromatic carbocycles. The van der Waals surface area contributed by atoms with E-state index >= 15 is 0 Å². The molecule has 6 heteroatoms. The van der Waals surface area contributed by atoms with E-state index in [0.29, 0.717) is 11.1 Å². The molecule has 1 aromatic heterocycles. The number of pyridine rings is 1. The van der Waals surface area contributed by atoms with E-state index in [-0.39, 0.29) is 24.6 Å². The standard InChI is InChI=1S/C10H9N3O2.ClH/c11-6-8-4-3-7-2-1-5-12-9(7)10(8)13(14)15;/h1-5H,6,11H2;1H. The average molecular weight is 240 g/mol. The van der Waals surface area contributed by atoms with Crippen LogP contribution in [0.4, 0.5) is 5.69 Å². The maximum absolute atomic E-state index is 10.9. The summed E-state index contributed by atoms with van der Waals surface area (Å²) in [5.41, 5.74) is 6.36. The van der Waals surface area contributed by atoms with Gasteiger partial charge in [0.25, 0.3) is 5.69 Å². The Bertz CT molecular complexity index is 530. The summed E-state index contributed by atoms with van der Waals surface area (Å²) in [4.78, 5) is 14.5. The summed E-state index contributed by atoms with van der Waals surface area (Å²) in [6, 6.07) is 6.99. The van der Waals surface area contributed by atoms with Crippen LogP contribution in [0.15, 0.2) is 30.5 Å². The lowest BCUT2D eigenvalue weighted by Gasteiger charge is -2.02. The number of hydrogen-bond donors (Lipinski definition) is 1. The second-order valence-corrected chi connectivity index (χ2v) is 3.11. The van der Waals surface area contributed by atoms with Gasteiger partial charge in [-0.3, -0.25) is 10.1 Å². The van der Waals surface area contributed by atoms with Gasteiger partial charge in [-0.1, -0.05) is 18.2 Å². The molecule has 0 radical (unpaired) electrons. The van der Waals surface area contributed by atoms with E-state index < -0.39 is 4.92 Å². The summed E-state index contributed by atoms with van der Waals surface area (Å²) in [6.45, 7) is 0.142. The number of hydrogen-bond acceptors (Lipinski definition) is 4. The van der Waals surface area contributed by atoms with Crippen molar-refractivity contribution in [3.05, 3.63) is 46.1 Å². The van der Waals surface area contributed by atoms with Gasteiger partial charge in [0.2, 0.25) is 0 Å². The third-order valence-electron chi connectivity index (χ3n) is 2.23. The predicted molar refractivity (Wildman–Crippen MR) is 63.5 cm³/mol. The highest BCUT2D eigenvalue weighted by molar-refractivity contribution is 5.88. The molecule has 0 spiro atoms. The van der Waals surface area contributed by atoms with Crippen molar-refractivity contribution in [2.45, 2.75) is 6.54 Å². The Labute approximate surface area is 97.8 Å². The second-order valence-electron chi connectivity index (χ2n) is 3.11. The molecule has 0 atom stereocenters. The minimum atomic E-state index is -0.433. The topological polar surface area (TPSA) is 82.0 Å². The van der Waals surface area contributed by atoms with Crippen molar-refractivity contribution in [3.63, 3.8) is 0 Å². The van der Waals surface area contributed by atoms with Gasteiger partial charge in [-0.05, 0) is 6.07 Å². The maximum atomic E-state index is 10.9. The minimum absolute atomic E-state index is 0. The lowest BCUT2D eigenvalue weighted by molar-refractivity contribution is -0.383. The number of benzene rings is 1. The molecule has 0 fully saturated rings. The first kappa shape index (κ1) is 12.4. The van der Waals surface area contributed by atoms with Crippen molar-refractivity contribution in [3.8, 4) is 0 Å². The van der Waals surface area contributed by atoms with Gasteiger partial charge in [-0.25, -0.2) is 4.98 Å². The number of nitrogens with two attached hydrogens (primary N) is 1. The summed E-state index contributed by atoms with van der Waals surface area (Å²) < 4.78 is 0. The van der Waals surface area contributed by atoms with Crippen molar-refractivity contribution in [2.75, 3.05) is 0 Å². The Hall–Kier alpha value is -1.72. The van der Waals surface area contributed by atoms with E-state index in [9.17, 15) is 10.1 Å². The van der Waals surface area contributed by atoms with E-state index in [1.807, 2.05) is 0 Å². The second kappa shape index (κ2) is 4.87. The number of nitro groups is 1. The zero-order valence-corrected chi connectivity index (χ0v) is 9.11. The van der Waals surface area contributed by atoms with E-state index in [1.54, 1.807) is 24.3 Å². The van der Waals surface area contributed by atoms with Gasteiger partial charge in [0, 0.05) is 23.7 Å². The minimum Gasteiger partial charge on any atom is -0.326 e. The molecule has 0 bridgehead atoms. The maximum Gasteiger partial charge on any atom is 0.299 e. The van der Waals surface area contributed by atoms with E-state index in [0.717, 1.165) is 5.39 Å². The molecular weight excluding hydrogens is 230 g/mol. The van der Waals surface area contributed by atoms with Crippen LogP contribution >= 0.6 is 12.4 Å². The zero-order valence-electron chi connectivity index (χ0n) is 8.29. The number of nitro benzene ring substituents is 1. The molecule has 2 N–H and O–H groups in total. The largest absolute Gasteiger partial charge is 0.326 e. The molecule has 2 aromatic rings. The van der Waals surface area contributed by atoms with Crippen molar-refractivity contribution >= 4 is 29.0 Å². The fraction of sp³-hybridized carbons (Fsp3) is 0.100. The van der Waals surface area contributed by atoms with Crippen LogP contribution in [-0.4, -0.2) is 9.91 Å². The third kappa shape index (κ3) is 1.95. The molecule has 0 aliphatic heterocycles. The number of halogens is 1. The van der Waals surface area contributed by atoms with Gasteiger partial charge in [0.1, 0.15) is 5.52 Å². The third-order valence-corrected chi connectivity index (χ3v) is 2.23.